The number of benzene rings is 1. The zero-order valence-corrected chi connectivity index (χ0v) is 6.52. The predicted octanol–water partition coefficient (Wildman–Crippen LogP) is 2.32. The predicted molar refractivity (Wildman–Crippen MR) is 41.4 cm³/mol. The Morgan fingerprint density at radius 3 is 2.75 bits per heavy atom. The van der Waals surface area contributed by atoms with Crippen molar-refractivity contribution in [1.82, 2.24) is 0 Å². The summed E-state index contributed by atoms with van der Waals surface area (Å²) >= 11 is 0. The lowest BCUT2D eigenvalue weighted by Gasteiger charge is -2.02. The molecule has 0 aromatic heterocycles. The van der Waals surface area contributed by atoms with Gasteiger partial charge in [-0.2, -0.15) is 0 Å². The van der Waals surface area contributed by atoms with Crippen molar-refractivity contribution >= 4 is 0 Å². The zero-order valence-electron chi connectivity index (χ0n) is 6.52. The first kappa shape index (κ1) is 9.13. The van der Waals surface area contributed by atoms with Crippen LogP contribution in [0.2, 0.25) is 0 Å². The van der Waals surface area contributed by atoms with Crippen molar-refractivity contribution in [2.45, 2.75) is 6.61 Å². The van der Waals surface area contributed by atoms with E-state index in [4.69, 9.17) is 4.74 Å². The average Bonchev–Trinajstić information content (AvgIpc) is 2.08. The molecule has 0 amide bonds. The number of hydrogen-bond donors (Lipinski definition) is 0. The molecule has 0 bridgehead atoms. The second kappa shape index (κ2) is 4.16. The van der Waals surface area contributed by atoms with Gasteiger partial charge in [-0.15, -0.1) is 0 Å². The van der Waals surface area contributed by atoms with Crippen LogP contribution < -0.4 is 0 Å². The highest BCUT2D eigenvalue weighted by Gasteiger charge is 2.06. The van der Waals surface area contributed by atoms with Crippen LogP contribution in [-0.2, 0) is 11.3 Å². The summed E-state index contributed by atoms with van der Waals surface area (Å²) in [6.07, 6.45) is 0. The summed E-state index contributed by atoms with van der Waals surface area (Å²) < 4.78 is 30.2. The van der Waals surface area contributed by atoms with Crippen LogP contribution >= 0.6 is 0 Å². The lowest BCUT2D eigenvalue weighted by Crippen LogP contribution is -1.97. The van der Waals surface area contributed by atoms with Gasteiger partial charge in [0.25, 0.3) is 0 Å². The second-order valence-corrected chi connectivity index (χ2v) is 2.27. The molecule has 0 spiro atoms. The third-order valence-electron chi connectivity index (χ3n) is 1.43. The van der Waals surface area contributed by atoms with E-state index in [0.29, 0.717) is 0 Å². The van der Waals surface area contributed by atoms with E-state index < -0.39 is 11.6 Å². The van der Waals surface area contributed by atoms with Crippen LogP contribution in [0.5, 0.6) is 0 Å². The van der Waals surface area contributed by atoms with E-state index in [1.54, 1.807) is 0 Å². The summed E-state index contributed by atoms with van der Waals surface area (Å²) in [7, 11) is 0. The fourth-order valence-corrected chi connectivity index (χ4v) is 0.842. The molecular formula is C9H9F2O. The molecule has 1 nitrogen and oxygen atoms in total. The van der Waals surface area contributed by atoms with Crippen molar-refractivity contribution in [1.29, 1.82) is 0 Å². The van der Waals surface area contributed by atoms with Crippen LogP contribution in [0.1, 0.15) is 5.56 Å². The first-order chi connectivity index (χ1) is 5.75. The summed E-state index contributed by atoms with van der Waals surface area (Å²) in [5.41, 5.74) is 0.221. The second-order valence-electron chi connectivity index (χ2n) is 2.27. The minimum absolute atomic E-state index is 0.0626. The number of halogens is 2. The van der Waals surface area contributed by atoms with Crippen molar-refractivity contribution in [2.24, 2.45) is 0 Å². The van der Waals surface area contributed by atoms with Gasteiger partial charge in [-0.05, 0) is 13.0 Å². The third kappa shape index (κ3) is 2.01. The molecule has 1 radical (unpaired) electrons. The molecule has 0 atom stereocenters. The third-order valence-corrected chi connectivity index (χ3v) is 1.43. The molecule has 0 heterocycles. The highest BCUT2D eigenvalue weighted by atomic mass is 19.2. The van der Waals surface area contributed by atoms with Gasteiger partial charge in [0.1, 0.15) is 0 Å². The molecule has 0 unspecified atom stereocenters. The maximum Gasteiger partial charge on any atom is 0.164 e. The van der Waals surface area contributed by atoms with E-state index in [9.17, 15) is 8.78 Å². The first-order valence-corrected chi connectivity index (χ1v) is 3.55. The van der Waals surface area contributed by atoms with Gasteiger partial charge in [0.2, 0.25) is 0 Å². The average molecular weight is 171 g/mol. The minimum Gasteiger partial charge on any atom is -0.377 e. The van der Waals surface area contributed by atoms with Gasteiger partial charge in [-0.1, -0.05) is 12.1 Å². The normalized spacial score (nSPS) is 10.2. The molecule has 1 aromatic carbocycles. The van der Waals surface area contributed by atoms with E-state index in [1.807, 2.05) is 0 Å². The van der Waals surface area contributed by atoms with Gasteiger partial charge in [0, 0.05) is 12.2 Å². The Morgan fingerprint density at radius 2 is 2.08 bits per heavy atom. The Balaban J connectivity index is 2.78. The summed E-state index contributed by atoms with van der Waals surface area (Å²) in [5, 5.41) is 0. The van der Waals surface area contributed by atoms with Crippen molar-refractivity contribution in [3.05, 3.63) is 42.3 Å². The Morgan fingerprint density at radius 1 is 1.33 bits per heavy atom. The maximum atomic E-state index is 12.8. The van der Waals surface area contributed by atoms with Gasteiger partial charge in [-0.3, -0.25) is 0 Å². The molecule has 0 saturated heterocycles. The van der Waals surface area contributed by atoms with Crippen LogP contribution in [-0.4, -0.2) is 6.61 Å². The van der Waals surface area contributed by atoms with Gasteiger partial charge < -0.3 is 4.74 Å². The Bertz CT molecular complexity index is 261. The van der Waals surface area contributed by atoms with Crippen LogP contribution in [0.15, 0.2) is 18.2 Å². The molecule has 1 aromatic rings. The number of rotatable bonds is 3. The van der Waals surface area contributed by atoms with Crippen LogP contribution in [0.25, 0.3) is 0 Å². The molecular weight excluding hydrogens is 162 g/mol. The van der Waals surface area contributed by atoms with E-state index in [1.165, 1.54) is 12.1 Å². The Hall–Kier alpha value is -0.960. The molecule has 0 saturated carbocycles. The molecule has 12 heavy (non-hydrogen) atoms. The molecule has 1 rings (SSSR count). The molecule has 0 aliphatic heterocycles. The summed E-state index contributed by atoms with van der Waals surface area (Å²) in [4.78, 5) is 0. The van der Waals surface area contributed by atoms with Crippen molar-refractivity contribution < 1.29 is 13.5 Å². The van der Waals surface area contributed by atoms with E-state index in [2.05, 4.69) is 6.92 Å². The smallest absolute Gasteiger partial charge is 0.164 e. The summed E-state index contributed by atoms with van der Waals surface area (Å²) in [6.45, 7) is 3.72. The fourth-order valence-electron chi connectivity index (χ4n) is 0.842. The Labute approximate surface area is 70.0 Å². The number of ether oxygens (including phenoxy) is 1. The van der Waals surface area contributed by atoms with Gasteiger partial charge in [0.05, 0.1) is 6.61 Å². The molecule has 3 heteroatoms. The van der Waals surface area contributed by atoms with Gasteiger partial charge in [-0.25, -0.2) is 8.78 Å². The molecule has 0 fully saturated rings. The molecule has 0 N–H and O–H groups in total. The van der Waals surface area contributed by atoms with Crippen molar-refractivity contribution in [3.63, 3.8) is 0 Å². The fraction of sp³-hybridized carbons (Fsp3) is 0.222. The monoisotopic (exact) mass is 171 g/mol. The minimum atomic E-state index is -0.847. The van der Waals surface area contributed by atoms with Gasteiger partial charge >= 0.3 is 0 Å². The largest absolute Gasteiger partial charge is 0.377 e. The summed E-state index contributed by atoms with van der Waals surface area (Å²) in [5.74, 6) is -1.69. The lowest BCUT2D eigenvalue weighted by atomic mass is 10.2. The van der Waals surface area contributed by atoms with Crippen molar-refractivity contribution in [2.75, 3.05) is 6.61 Å². The Kier molecular flexibility index (Phi) is 3.17. The molecule has 0 aliphatic carbocycles. The van der Waals surface area contributed by atoms with E-state index in [0.717, 1.165) is 6.07 Å². The van der Waals surface area contributed by atoms with E-state index >= 15 is 0 Å². The van der Waals surface area contributed by atoms with E-state index in [-0.39, 0.29) is 18.8 Å². The maximum absolute atomic E-state index is 12.8. The SMILES string of the molecule is [CH2]COCc1cccc(F)c1F. The van der Waals surface area contributed by atoms with Crippen LogP contribution in [0.3, 0.4) is 0 Å². The zero-order chi connectivity index (χ0) is 8.97. The standard InChI is InChI=1S/C9H9F2O/c1-2-12-6-7-4-3-5-8(10)9(7)11/h3-5H,1-2,6H2. The highest BCUT2D eigenvalue weighted by Crippen LogP contribution is 2.11. The van der Waals surface area contributed by atoms with Crippen LogP contribution in [0, 0.1) is 18.6 Å². The first-order valence-electron chi connectivity index (χ1n) is 3.55. The van der Waals surface area contributed by atoms with Gasteiger partial charge in [0.15, 0.2) is 11.6 Å². The molecule has 0 aliphatic rings. The molecule has 65 valence electrons. The highest BCUT2D eigenvalue weighted by molar-refractivity contribution is 5.17. The lowest BCUT2D eigenvalue weighted by molar-refractivity contribution is 0.144. The summed E-state index contributed by atoms with van der Waals surface area (Å²) in [6, 6.07) is 4.00. The topological polar surface area (TPSA) is 9.23 Å². The quantitative estimate of drug-likeness (QED) is 0.678. The van der Waals surface area contributed by atoms with Crippen LogP contribution in [0.4, 0.5) is 8.78 Å². The van der Waals surface area contributed by atoms with Crippen molar-refractivity contribution in [3.8, 4) is 0 Å². The number of hydrogen-bond acceptors (Lipinski definition) is 1.